The predicted octanol–water partition coefficient (Wildman–Crippen LogP) is 3.17. The molecule has 4 rings (SSSR count). The van der Waals surface area contributed by atoms with Crippen LogP contribution in [0.15, 0.2) is 48.5 Å². The number of amides is 3. The molecule has 2 heterocycles. The molecule has 1 N–H and O–H groups in total. The maximum Gasteiger partial charge on any atom is 0.254 e. The summed E-state index contributed by atoms with van der Waals surface area (Å²) in [5.74, 6) is -0.519. The lowest BCUT2D eigenvalue weighted by Gasteiger charge is -2.35. The van der Waals surface area contributed by atoms with E-state index in [-0.39, 0.29) is 42.3 Å². The molecule has 2 aromatic carbocycles. The molecular formula is C27H33N3O4. The van der Waals surface area contributed by atoms with Gasteiger partial charge in [-0.15, -0.1) is 0 Å². The van der Waals surface area contributed by atoms with Crippen LogP contribution in [0.3, 0.4) is 0 Å². The highest BCUT2D eigenvalue weighted by atomic mass is 16.5. The van der Waals surface area contributed by atoms with Crippen LogP contribution in [0.1, 0.15) is 48.7 Å². The van der Waals surface area contributed by atoms with Crippen LogP contribution in [0.25, 0.3) is 0 Å². The Bertz CT molecular complexity index is 1040. The summed E-state index contributed by atoms with van der Waals surface area (Å²) >= 11 is 0. The molecule has 0 aromatic heterocycles. The van der Waals surface area contributed by atoms with Gasteiger partial charge in [0, 0.05) is 43.9 Å². The summed E-state index contributed by atoms with van der Waals surface area (Å²) in [5, 5.41) is 2.96. The van der Waals surface area contributed by atoms with Gasteiger partial charge in [-0.05, 0) is 49.6 Å². The summed E-state index contributed by atoms with van der Waals surface area (Å²) in [4.78, 5) is 41.8. The van der Waals surface area contributed by atoms with E-state index in [1.165, 1.54) is 0 Å². The largest absolute Gasteiger partial charge is 0.372 e. The molecule has 34 heavy (non-hydrogen) atoms. The SMILES string of the molecule is CCc1ccccc1N1CC(C(=O)NCc2ccc(C(=O)N3CC(C)OC(C)C3)cc2)CC1=O. The van der Waals surface area contributed by atoms with E-state index in [0.717, 1.165) is 23.2 Å². The van der Waals surface area contributed by atoms with E-state index in [1.807, 2.05) is 55.1 Å². The van der Waals surface area contributed by atoms with Crippen LogP contribution in [0.4, 0.5) is 5.69 Å². The van der Waals surface area contributed by atoms with Crippen LogP contribution in [0, 0.1) is 5.92 Å². The third-order valence-electron chi connectivity index (χ3n) is 6.53. The normalized spacial score (nSPS) is 22.7. The highest BCUT2D eigenvalue weighted by Gasteiger charge is 2.35. The fraction of sp³-hybridized carbons (Fsp3) is 0.444. The highest BCUT2D eigenvalue weighted by Crippen LogP contribution is 2.28. The molecule has 2 saturated heterocycles. The molecule has 3 atom stereocenters. The summed E-state index contributed by atoms with van der Waals surface area (Å²) in [7, 11) is 0. The van der Waals surface area contributed by atoms with E-state index >= 15 is 0 Å². The van der Waals surface area contributed by atoms with Gasteiger partial charge < -0.3 is 19.9 Å². The third-order valence-corrected chi connectivity index (χ3v) is 6.53. The van der Waals surface area contributed by atoms with Gasteiger partial charge in [-0.1, -0.05) is 37.3 Å². The molecular weight excluding hydrogens is 430 g/mol. The van der Waals surface area contributed by atoms with E-state index in [9.17, 15) is 14.4 Å². The molecule has 0 aliphatic carbocycles. The molecule has 2 aromatic rings. The molecule has 2 aliphatic heterocycles. The zero-order chi connectivity index (χ0) is 24.2. The zero-order valence-corrected chi connectivity index (χ0v) is 20.1. The van der Waals surface area contributed by atoms with Crippen molar-refractivity contribution in [1.82, 2.24) is 10.2 Å². The lowest BCUT2D eigenvalue weighted by atomic mass is 10.1. The van der Waals surface area contributed by atoms with Gasteiger partial charge in [0.25, 0.3) is 5.91 Å². The highest BCUT2D eigenvalue weighted by molar-refractivity contribution is 6.00. The number of para-hydroxylation sites is 1. The number of ether oxygens (including phenoxy) is 1. The summed E-state index contributed by atoms with van der Waals surface area (Å²) in [6, 6.07) is 15.2. The number of morpholine rings is 1. The first-order chi connectivity index (χ1) is 16.4. The average Bonchev–Trinajstić information content (AvgIpc) is 3.23. The fourth-order valence-electron chi connectivity index (χ4n) is 4.81. The van der Waals surface area contributed by atoms with Gasteiger partial charge in [0.2, 0.25) is 11.8 Å². The van der Waals surface area contributed by atoms with E-state index in [2.05, 4.69) is 12.2 Å². The first kappa shape index (κ1) is 24.0. The molecule has 0 bridgehead atoms. The second-order valence-electron chi connectivity index (χ2n) is 9.27. The minimum absolute atomic E-state index is 0.00509. The van der Waals surface area contributed by atoms with Crippen molar-refractivity contribution in [2.24, 2.45) is 5.92 Å². The maximum atomic E-state index is 12.8. The quantitative estimate of drug-likeness (QED) is 0.714. The predicted molar refractivity (Wildman–Crippen MR) is 130 cm³/mol. The Morgan fingerprint density at radius 2 is 1.68 bits per heavy atom. The molecule has 0 saturated carbocycles. The van der Waals surface area contributed by atoms with E-state index < -0.39 is 0 Å². The molecule has 0 spiro atoms. The smallest absolute Gasteiger partial charge is 0.254 e. The third kappa shape index (κ3) is 5.30. The van der Waals surface area contributed by atoms with Crippen LogP contribution in [-0.4, -0.2) is 54.5 Å². The molecule has 7 heteroatoms. The molecule has 7 nitrogen and oxygen atoms in total. The first-order valence-corrected chi connectivity index (χ1v) is 12.0. The molecule has 180 valence electrons. The summed E-state index contributed by atoms with van der Waals surface area (Å²) in [6.45, 7) is 7.93. The number of benzene rings is 2. The number of carbonyl (C=O) groups excluding carboxylic acids is 3. The lowest BCUT2D eigenvalue weighted by Crippen LogP contribution is -2.48. The Balaban J connectivity index is 1.32. The standard InChI is InChI=1S/C27H33N3O4/c1-4-21-7-5-6-8-24(21)30-17-23(13-25(30)31)26(32)28-14-20-9-11-22(12-10-20)27(33)29-15-18(2)34-19(3)16-29/h5-12,18-19,23H,4,13-17H2,1-3H3,(H,28,32). The van der Waals surface area contributed by atoms with Crippen LogP contribution in [0.2, 0.25) is 0 Å². The minimum Gasteiger partial charge on any atom is -0.372 e. The van der Waals surface area contributed by atoms with Gasteiger partial charge in [-0.2, -0.15) is 0 Å². The molecule has 0 radical (unpaired) electrons. The lowest BCUT2D eigenvalue weighted by molar-refractivity contribution is -0.126. The number of rotatable bonds is 6. The maximum absolute atomic E-state index is 12.8. The monoisotopic (exact) mass is 463 g/mol. The number of nitrogens with one attached hydrogen (secondary N) is 1. The number of anilines is 1. The van der Waals surface area contributed by atoms with Gasteiger partial charge >= 0.3 is 0 Å². The number of hydrogen-bond donors (Lipinski definition) is 1. The number of nitrogens with zero attached hydrogens (tertiary/aromatic N) is 2. The van der Waals surface area contributed by atoms with E-state index in [0.29, 0.717) is 31.7 Å². The topological polar surface area (TPSA) is 79.0 Å². The van der Waals surface area contributed by atoms with E-state index in [1.54, 1.807) is 17.0 Å². The van der Waals surface area contributed by atoms with Crippen molar-refractivity contribution in [3.63, 3.8) is 0 Å². The number of carbonyl (C=O) groups is 3. The van der Waals surface area contributed by atoms with Gasteiger partial charge in [0.05, 0.1) is 18.1 Å². The first-order valence-electron chi connectivity index (χ1n) is 12.0. The van der Waals surface area contributed by atoms with Crippen molar-refractivity contribution in [3.8, 4) is 0 Å². The van der Waals surface area contributed by atoms with Crippen LogP contribution in [0.5, 0.6) is 0 Å². The second kappa shape index (κ2) is 10.4. The van der Waals surface area contributed by atoms with Crippen molar-refractivity contribution in [3.05, 3.63) is 65.2 Å². The van der Waals surface area contributed by atoms with Gasteiger partial charge in [0.1, 0.15) is 0 Å². The average molecular weight is 464 g/mol. The minimum atomic E-state index is -0.372. The van der Waals surface area contributed by atoms with Crippen molar-refractivity contribution in [2.45, 2.75) is 52.4 Å². The van der Waals surface area contributed by atoms with Gasteiger partial charge in [-0.3, -0.25) is 14.4 Å². The van der Waals surface area contributed by atoms with Crippen LogP contribution in [-0.2, 0) is 27.3 Å². The molecule has 3 amide bonds. The van der Waals surface area contributed by atoms with Crippen LogP contribution >= 0.6 is 0 Å². The Kier molecular flexibility index (Phi) is 7.32. The van der Waals surface area contributed by atoms with Gasteiger partial charge in [0.15, 0.2) is 0 Å². The molecule has 3 unspecified atom stereocenters. The molecule has 2 aliphatic rings. The van der Waals surface area contributed by atoms with Crippen LogP contribution < -0.4 is 10.2 Å². The Labute approximate surface area is 201 Å². The van der Waals surface area contributed by atoms with Crippen molar-refractivity contribution < 1.29 is 19.1 Å². The molecule has 2 fully saturated rings. The number of hydrogen-bond acceptors (Lipinski definition) is 4. The Morgan fingerprint density at radius 3 is 2.35 bits per heavy atom. The Morgan fingerprint density at radius 1 is 1.00 bits per heavy atom. The van der Waals surface area contributed by atoms with Crippen molar-refractivity contribution in [2.75, 3.05) is 24.5 Å². The van der Waals surface area contributed by atoms with Gasteiger partial charge in [-0.25, -0.2) is 0 Å². The number of aryl methyl sites for hydroxylation is 1. The van der Waals surface area contributed by atoms with Crippen molar-refractivity contribution in [1.29, 1.82) is 0 Å². The Hall–Kier alpha value is -3.19. The summed E-state index contributed by atoms with van der Waals surface area (Å²) in [5.41, 5.74) is 3.54. The zero-order valence-electron chi connectivity index (χ0n) is 20.1. The summed E-state index contributed by atoms with van der Waals surface area (Å²) in [6.07, 6.45) is 1.10. The summed E-state index contributed by atoms with van der Waals surface area (Å²) < 4.78 is 5.71. The van der Waals surface area contributed by atoms with E-state index in [4.69, 9.17) is 4.74 Å². The fourth-order valence-corrected chi connectivity index (χ4v) is 4.81. The second-order valence-corrected chi connectivity index (χ2v) is 9.27. The van der Waals surface area contributed by atoms with Crippen molar-refractivity contribution >= 4 is 23.4 Å².